The van der Waals surface area contributed by atoms with Crippen molar-refractivity contribution < 1.29 is 9.53 Å². The maximum absolute atomic E-state index is 11.9. The molecule has 1 aromatic heterocycles. The fourth-order valence-corrected chi connectivity index (χ4v) is 3.05. The average molecular weight is 340 g/mol. The smallest absolute Gasteiger partial charge is 0.307 e. The Balaban J connectivity index is 1.52. The van der Waals surface area contributed by atoms with Crippen molar-refractivity contribution in [2.24, 2.45) is 0 Å². The summed E-state index contributed by atoms with van der Waals surface area (Å²) in [6, 6.07) is 16.9. The Labute approximate surface area is 143 Å². The number of benzene rings is 2. The second-order valence-corrected chi connectivity index (χ2v) is 6.27. The third-order valence-corrected chi connectivity index (χ3v) is 4.36. The van der Waals surface area contributed by atoms with E-state index < -0.39 is 0 Å². The summed E-state index contributed by atoms with van der Waals surface area (Å²) in [4.78, 5) is 31.8. The number of aromatic amines is 1. The summed E-state index contributed by atoms with van der Waals surface area (Å²) in [5, 5.41) is 0.520. The first-order chi connectivity index (χ1) is 11.7. The Morgan fingerprint density at radius 2 is 1.83 bits per heavy atom. The van der Waals surface area contributed by atoms with E-state index in [0.29, 0.717) is 28.9 Å². The van der Waals surface area contributed by atoms with E-state index in [1.165, 1.54) is 0 Å². The van der Waals surface area contributed by atoms with Gasteiger partial charge in [-0.2, -0.15) is 0 Å². The summed E-state index contributed by atoms with van der Waals surface area (Å²) in [7, 11) is 0. The van der Waals surface area contributed by atoms with Gasteiger partial charge in [-0.25, -0.2) is 4.98 Å². The number of rotatable bonds is 6. The first-order valence-electron chi connectivity index (χ1n) is 7.54. The second-order valence-electron chi connectivity index (χ2n) is 5.10. The number of thioether (sulfide) groups is 1. The Morgan fingerprint density at radius 3 is 2.67 bits per heavy atom. The number of nitrogens with one attached hydrogen (secondary N) is 1. The molecule has 0 fully saturated rings. The molecule has 0 saturated heterocycles. The van der Waals surface area contributed by atoms with Gasteiger partial charge in [-0.15, -0.1) is 11.8 Å². The van der Waals surface area contributed by atoms with Crippen molar-refractivity contribution in [2.75, 3.05) is 5.75 Å². The van der Waals surface area contributed by atoms with Gasteiger partial charge in [-0.3, -0.25) is 9.59 Å². The van der Waals surface area contributed by atoms with E-state index in [0.717, 1.165) is 4.90 Å². The zero-order valence-corrected chi connectivity index (χ0v) is 13.7. The quantitative estimate of drug-likeness (QED) is 0.551. The zero-order chi connectivity index (χ0) is 16.8. The van der Waals surface area contributed by atoms with E-state index in [2.05, 4.69) is 9.97 Å². The van der Waals surface area contributed by atoms with Crippen LogP contribution in [-0.4, -0.2) is 21.7 Å². The predicted molar refractivity (Wildman–Crippen MR) is 93.9 cm³/mol. The van der Waals surface area contributed by atoms with Gasteiger partial charge in [0.15, 0.2) is 0 Å². The lowest BCUT2D eigenvalue weighted by atomic mass is 10.2. The summed E-state index contributed by atoms with van der Waals surface area (Å²) < 4.78 is 5.19. The first kappa shape index (κ1) is 16.3. The monoisotopic (exact) mass is 340 g/mol. The summed E-state index contributed by atoms with van der Waals surface area (Å²) >= 11 is 1.60. The lowest BCUT2D eigenvalue weighted by Crippen LogP contribution is -2.14. The van der Waals surface area contributed by atoms with Crippen LogP contribution in [0.2, 0.25) is 0 Å². The molecule has 2 aromatic carbocycles. The highest BCUT2D eigenvalue weighted by molar-refractivity contribution is 7.99. The van der Waals surface area contributed by atoms with E-state index >= 15 is 0 Å². The Bertz CT molecular complexity index is 893. The lowest BCUT2D eigenvalue weighted by molar-refractivity contribution is -0.144. The summed E-state index contributed by atoms with van der Waals surface area (Å²) in [5.41, 5.74) is 0.359. The van der Waals surface area contributed by atoms with Crippen LogP contribution in [0.1, 0.15) is 12.2 Å². The van der Waals surface area contributed by atoms with Crippen LogP contribution in [0.15, 0.2) is 64.3 Å². The third kappa shape index (κ3) is 4.23. The van der Waals surface area contributed by atoms with E-state index in [9.17, 15) is 9.59 Å². The van der Waals surface area contributed by atoms with Crippen molar-refractivity contribution in [1.29, 1.82) is 0 Å². The number of aromatic nitrogens is 2. The van der Waals surface area contributed by atoms with Crippen LogP contribution in [0, 0.1) is 0 Å². The Hall–Kier alpha value is -2.60. The molecule has 0 aliphatic heterocycles. The van der Waals surface area contributed by atoms with Crippen molar-refractivity contribution in [1.82, 2.24) is 9.97 Å². The normalized spacial score (nSPS) is 10.7. The van der Waals surface area contributed by atoms with Crippen LogP contribution in [0.4, 0.5) is 0 Å². The maximum Gasteiger partial charge on any atom is 0.307 e. The molecule has 0 amide bonds. The highest BCUT2D eigenvalue weighted by Crippen LogP contribution is 2.18. The molecule has 0 saturated carbocycles. The second kappa shape index (κ2) is 7.79. The van der Waals surface area contributed by atoms with Gasteiger partial charge in [0.25, 0.3) is 5.56 Å². The molecule has 3 aromatic rings. The molecule has 6 heteroatoms. The number of fused-ring (bicyclic) bond motifs is 1. The minimum atomic E-state index is -0.311. The van der Waals surface area contributed by atoms with E-state index in [-0.39, 0.29) is 18.1 Å². The van der Waals surface area contributed by atoms with Gasteiger partial charge in [0.1, 0.15) is 12.4 Å². The molecule has 0 spiro atoms. The van der Waals surface area contributed by atoms with Crippen LogP contribution in [0.3, 0.4) is 0 Å². The van der Waals surface area contributed by atoms with Crippen LogP contribution in [0.25, 0.3) is 10.9 Å². The van der Waals surface area contributed by atoms with E-state index in [1.54, 1.807) is 30.0 Å². The summed E-state index contributed by atoms with van der Waals surface area (Å²) in [5.74, 6) is 0.682. The number of carbonyl (C=O) groups is 1. The van der Waals surface area contributed by atoms with Crippen LogP contribution in [0.5, 0.6) is 0 Å². The van der Waals surface area contributed by atoms with Crippen molar-refractivity contribution >= 4 is 28.6 Å². The topological polar surface area (TPSA) is 72.0 Å². The van der Waals surface area contributed by atoms with E-state index in [4.69, 9.17) is 4.74 Å². The molecule has 1 heterocycles. The standard InChI is InChI=1S/C18H16N2O3S/c21-17(10-11-24-13-6-2-1-3-7-13)23-12-16-19-15-9-5-4-8-14(15)18(22)20-16/h1-9H,10-12H2,(H,19,20,22). The minimum absolute atomic E-state index is 0.0328. The predicted octanol–water partition coefficient (Wildman–Crippen LogP) is 3.15. The maximum atomic E-state index is 11.9. The molecule has 0 atom stereocenters. The molecule has 5 nitrogen and oxygen atoms in total. The molecule has 24 heavy (non-hydrogen) atoms. The number of hydrogen-bond donors (Lipinski definition) is 1. The summed E-state index contributed by atoms with van der Waals surface area (Å²) in [6.45, 7) is -0.0328. The van der Waals surface area contributed by atoms with Gasteiger partial charge in [-0.05, 0) is 24.3 Å². The lowest BCUT2D eigenvalue weighted by Gasteiger charge is -2.05. The molecule has 0 aliphatic rings. The third-order valence-electron chi connectivity index (χ3n) is 3.35. The first-order valence-corrected chi connectivity index (χ1v) is 8.52. The van der Waals surface area contributed by atoms with Gasteiger partial charge in [-0.1, -0.05) is 30.3 Å². The number of hydrogen-bond acceptors (Lipinski definition) is 5. The molecular weight excluding hydrogens is 324 g/mol. The minimum Gasteiger partial charge on any atom is -0.457 e. The van der Waals surface area contributed by atoms with Crippen molar-refractivity contribution in [3.05, 3.63) is 70.8 Å². The van der Waals surface area contributed by atoms with Crippen LogP contribution in [-0.2, 0) is 16.1 Å². The van der Waals surface area contributed by atoms with Crippen molar-refractivity contribution in [3.8, 4) is 0 Å². The molecular formula is C18H16N2O3S. The number of para-hydroxylation sites is 1. The van der Waals surface area contributed by atoms with Crippen LogP contribution < -0.4 is 5.56 Å². The van der Waals surface area contributed by atoms with Gasteiger partial charge < -0.3 is 9.72 Å². The summed E-state index contributed by atoms with van der Waals surface area (Å²) in [6.07, 6.45) is 0.303. The molecule has 0 unspecified atom stereocenters. The highest BCUT2D eigenvalue weighted by Gasteiger charge is 2.07. The number of carbonyl (C=O) groups excluding carboxylic acids is 1. The molecule has 122 valence electrons. The highest BCUT2D eigenvalue weighted by atomic mass is 32.2. The number of ether oxygens (including phenoxy) is 1. The largest absolute Gasteiger partial charge is 0.457 e. The number of H-pyrrole nitrogens is 1. The fourth-order valence-electron chi connectivity index (χ4n) is 2.19. The Kier molecular flexibility index (Phi) is 5.28. The Morgan fingerprint density at radius 1 is 1.08 bits per heavy atom. The van der Waals surface area contributed by atoms with Gasteiger partial charge >= 0.3 is 5.97 Å². The molecule has 1 N–H and O–H groups in total. The van der Waals surface area contributed by atoms with Crippen LogP contribution >= 0.6 is 11.8 Å². The van der Waals surface area contributed by atoms with E-state index in [1.807, 2.05) is 36.4 Å². The fraction of sp³-hybridized carbons (Fsp3) is 0.167. The number of nitrogens with zero attached hydrogens (tertiary/aromatic N) is 1. The van der Waals surface area contributed by atoms with Gasteiger partial charge in [0.2, 0.25) is 0 Å². The van der Waals surface area contributed by atoms with Crippen molar-refractivity contribution in [3.63, 3.8) is 0 Å². The molecule has 3 rings (SSSR count). The average Bonchev–Trinajstić information content (AvgIpc) is 2.61. The SMILES string of the molecule is O=C(CCSc1ccccc1)OCc1nc2ccccc2c(=O)[nH]1. The molecule has 0 aliphatic carbocycles. The van der Waals surface area contributed by atoms with Gasteiger partial charge in [0, 0.05) is 10.6 Å². The molecule has 0 bridgehead atoms. The number of esters is 1. The zero-order valence-electron chi connectivity index (χ0n) is 12.9. The van der Waals surface area contributed by atoms with Gasteiger partial charge in [0.05, 0.1) is 17.3 Å². The molecule has 0 radical (unpaired) electrons. The van der Waals surface area contributed by atoms with Crippen molar-refractivity contribution in [2.45, 2.75) is 17.9 Å².